The van der Waals surface area contributed by atoms with Crippen LogP contribution < -0.4 is 15.4 Å². The van der Waals surface area contributed by atoms with Gasteiger partial charge in [0.25, 0.3) is 5.91 Å². The van der Waals surface area contributed by atoms with Crippen LogP contribution in [0.2, 0.25) is 0 Å². The normalized spacial score (nSPS) is 18.3. The van der Waals surface area contributed by atoms with Crippen molar-refractivity contribution in [1.29, 1.82) is 0 Å². The van der Waals surface area contributed by atoms with Crippen molar-refractivity contribution in [2.75, 3.05) is 26.3 Å². The number of carbonyl (C=O) groups excluding carboxylic acids is 1. The van der Waals surface area contributed by atoms with E-state index in [2.05, 4.69) is 31.4 Å². The highest BCUT2D eigenvalue weighted by Crippen LogP contribution is 2.30. The van der Waals surface area contributed by atoms with Gasteiger partial charge in [0.15, 0.2) is 0 Å². The minimum absolute atomic E-state index is 0. The van der Waals surface area contributed by atoms with Crippen LogP contribution >= 0.6 is 12.4 Å². The van der Waals surface area contributed by atoms with Crippen LogP contribution in [0.25, 0.3) is 0 Å². The number of carbonyl (C=O) groups is 1. The first-order valence-electron chi connectivity index (χ1n) is 8.96. The number of hydrogen-bond donors (Lipinski definition) is 2. The molecule has 6 heteroatoms. The Labute approximate surface area is 157 Å². The lowest BCUT2D eigenvalue weighted by atomic mass is 9.96. The van der Waals surface area contributed by atoms with Crippen LogP contribution in [0.5, 0.6) is 5.75 Å². The minimum atomic E-state index is -0.419. The highest BCUT2D eigenvalue weighted by molar-refractivity contribution is 5.85. The number of morpholine rings is 1. The quantitative estimate of drug-likeness (QED) is 0.738. The maximum atomic E-state index is 12.6. The molecular weight excluding hydrogens is 340 g/mol. The van der Waals surface area contributed by atoms with Gasteiger partial charge in [-0.05, 0) is 24.8 Å². The number of ether oxygens (including phenoxy) is 2. The first kappa shape index (κ1) is 21.7. The van der Waals surface area contributed by atoms with E-state index < -0.39 is 6.10 Å². The van der Waals surface area contributed by atoms with E-state index >= 15 is 0 Å². The first-order chi connectivity index (χ1) is 11.6. The number of benzene rings is 1. The van der Waals surface area contributed by atoms with Crippen molar-refractivity contribution in [1.82, 2.24) is 10.6 Å². The van der Waals surface area contributed by atoms with Gasteiger partial charge in [-0.15, -0.1) is 12.4 Å². The molecule has 0 spiro atoms. The summed E-state index contributed by atoms with van der Waals surface area (Å²) < 4.78 is 11.5. The van der Waals surface area contributed by atoms with Crippen molar-refractivity contribution in [3.05, 3.63) is 29.8 Å². The van der Waals surface area contributed by atoms with E-state index in [0.717, 1.165) is 30.7 Å². The van der Waals surface area contributed by atoms with E-state index in [-0.39, 0.29) is 24.4 Å². The second kappa shape index (κ2) is 11.3. The zero-order chi connectivity index (χ0) is 17.4. The summed E-state index contributed by atoms with van der Waals surface area (Å²) in [6, 6.07) is 7.90. The number of amides is 1. The predicted molar refractivity (Wildman–Crippen MR) is 102 cm³/mol. The summed E-state index contributed by atoms with van der Waals surface area (Å²) in [5.41, 5.74) is 1.04. The lowest BCUT2D eigenvalue weighted by Crippen LogP contribution is -2.48. The highest BCUT2D eigenvalue weighted by atomic mass is 35.5. The number of nitrogens with one attached hydrogen (secondary N) is 2. The van der Waals surface area contributed by atoms with Crippen molar-refractivity contribution in [2.45, 2.75) is 45.8 Å². The Morgan fingerprint density at radius 1 is 1.40 bits per heavy atom. The third-order valence-corrected chi connectivity index (χ3v) is 4.00. The topological polar surface area (TPSA) is 59.6 Å². The van der Waals surface area contributed by atoms with Crippen molar-refractivity contribution < 1.29 is 14.3 Å². The molecule has 1 aliphatic rings. The molecule has 0 aromatic heterocycles. The fraction of sp³-hybridized carbons (Fsp3) is 0.632. The fourth-order valence-corrected chi connectivity index (χ4v) is 2.85. The number of rotatable bonds is 8. The molecule has 2 rings (SSSR count). The Bertz CT molecular complexity index is 519. The molecule has 2 atom stereocenters. The van der Waals surface area contributed by atoms with Crippen LogP contribution in [-0.4, -0.2) is 38.3 Å². The number of hydrogen-bond acceptors (Lipinski definition) is 4. The minimum Gasteiger partial charge on any atom is -0.493 e. The van der Waals surface area contributed by atoms with Crippen molar-refractivity contribution >= 4 is 18.3 Å². The van der Waals surface area contributed by atoms with E-state index in [1.165, 1.54) is 0 Å². The molecule has 142 valence electrons. The monoisotopic (exact) mass is 370 g/mol. The Hall–Kier alpha value is -1.30. The third-order valence-electron chi connectivity index (χ3n) is 4.00. The molecule has 0 saturated carbocycles. The second-order valence-electron chi connectivity index (χ2n) is 6.64. The van der Waals surface area contributed by atoms with Gasteiger partial charge in [0.1, 0.15) is 11.9 Å². The van der Waals surface area contributed by atoms with Crippen LogP contribution in [0.1, 0.15) is 45.2 Å². The lowest BCUT2D eigenvalue weighted by molar-refractivity contribution is -0.135. The average Bonchev–Trinajstić information content (AvgIpc) is 2.60. The summed E-state index contributed by atoms with van der Waals surface area (Å²) in [4.78, 5) is 12.6. The van der Waals surface area contributed by atoms with E-state index in [4.69, 9.17) is 9.47 Å². The molecule has 1 aromatic rings. The van der Waals surface area contributed by atoms with E-state index in [1.807, 2.05) is 24.3 Å². The van der Waals surface area contributed by atoms with Crippen molar-refractivity contribution in [3.8, 4) is 5.75 Å². The Morgan fingerprint density at radius 2 is 2.16 bits per heavy atom. The second-order valence-corrected chi connectivity index (χ2v) is 6.64. The SMILES string of the molecule is CCCOc1ccccc1C(CC(C)C)NC(=O)C1CNCCO1.Cl. The van der Waals surface area contributed by atoms with Gasteiger partial charge < -0.3 is 20.1 Å². The molecule has 25 heavy (non-hydrogen) atoms. The number of halogens is 1. The molecule has 2 unspecified atom stereocenters. The van der Waals surface area contributed by atoms with Crippen molar-refractivity contribution in [3.63, 3.8) is 0 Å². The molecular formula is C19H31ClN2O3. The van der Waals surface area contributed by atoms with Gasteiger partial charge >= 0.3 is 0 Å². The van der Waals surface area contributed by atoms with Gasteiger partial charge in [0.05, 0.1) is 19.3 Å². The summed E-state index contributed by atoms with van der Waals surface area (Å²) in [5.74, 6) is 1.26. The molecule has 1 aromatic carbocycles. The van der Waals surface area contributed by atoms with Gasteiger partial charge in [0, 0.05) is 18.7 Å². The van der Waals surface area contributed by atoms with E-state index in [1.54, 1.807) is 0 Å². The lowest BCUT2D eigenvalue weighted by Gasteiger charge is -2.28. The molecule has 1 fully saturated rings. The van der Waals surface area contributed by atoms with Crippen molar-refractivity contribution in [2.24, 2.45) is 5.92 Å². The Balaban J connectivity index is 0.00000312. The Morgan fingerprint density at radius 3 is 2.80 bits per heavy atom. The zero-order valence-electron chi connectivity index (χ0n) is 15.4. The summed E-state index contributed by atoms with van der Waals surface area (Å²) in [6.07, 6.45) is 1.40. The first-order valence-corrected chi connectivity index (χ1v) is 8.96. The van der Waals surface area contributed by atoms with Gasteiger partial charge in [0.2, 0.25) is 0 Å². The molecule has 0 radical (unpaired) electrons. The number of para-hydroxylation sites is 1. The molecule has 1 saturated heterocycles. The molecule has 1 amide bonds. The van der Waals surface area contributed by atoms with Crippen LogP contribution in [0, 0.1) is 5.92 Å². The smallest absolute Gasteiger partial charge is 0.250 e. The highest BCUT2D eigenvalue weighted by Gasteiger charge is 2.26. The maximum Gasteiger partial charge on any atom is 0.250 e. The predicted octanol–water partition coefficient (Wildman–Crippen LogP) is 3.09. The molecule has 0 aliphatic carbocycles. The molecule has 2 N–H and O–H groups in total. The molecule has 0 bridgehead atoms. The van der Waals surface area contributed by atoms with E-state index in [9.17, 15) is 4.79 Å². The van der Waals surface area contributed by atoms with Crippen LogP contribution in [0.15, 0.2) is 24.3 Å². The van der Waals surface area contributed by atoms with Crippen LogP contribution in [-0.2, 0) is 9.53 Å². The standard InChI is InChI=1S/C19H30N2O3.ClH/c1-4-10-23-17-8-6-5-7-15(17)16(12-14(2)3)21-19(22)18-13-20-9-11-24-18;/h5-8,14,16,18,20H,4,9-13H2,1-3H3,(H,21,22);1H. The van der Waals surface area contributed by atoms with Gasteiger partial charge in [-0.2, -0.15) is 0 Å². The van der Waals surface area contributed by atoms with Gasteiger partial charge in [-0.1, -0.05) is 39.0 Å². The third kappa shape index (κ3) is 6.84. The molecule has 5 nitrogen and oxygen atoms in total. The molecule has 1 aliphatic heterocycles. The van der Waals surface area contributed by atoms with Gasteiger partial charge in [-0.3, -0.25) is 4.79 Å². The summed E-state index contributed by atoms with van der Waals surface area (Å²) >= 11 is 0. The Kier molecular flexibility index (Phi) is 9.86. The summed E-state index contributed by atoms with van der Waals surface area (Å²) in [7, 11) is 0. The van der Waals surface area contributed by atoms with Gasteiger partial charge in [-0.25, -0.2) is 0 Å². The average molecular weight is 371 g/mol. The van der Waals surface area contributed by atoms with Crippen LogP contribution in [0.3, 0.4) is 0 Å². The fourth-order valence-electron chi connectivity index (χ4n) is 2.85. The summed E-state index contributed by atoms with van der Waals surface area (Å²) in [6.45, 7) is 9.02. The van der Waals surface area contributed by atoms with Crippen LogP contribution in [0.4, 0.5) is 0 Å². The van der Waals surface area contributed by atoms with E-state index in [0.29, 0.717) is 25.7 Å². The largest absolute Gasteiger partial charge is 0.493 e. The summed E-state index contributed by atoms with van der Waals surface area (Å²) in [5, 5.41) is 6.37. The zero-order valence-corrected chi connectivity index (χ0v) is 16.2. The maximum absolute atomic E-state index is 12.6. The molecule has 1 heterocycles.